The maximum Gasteiger partial charge on any atom is 2.00 e. The maximum absolute atomic E-state index is 9.53. The van der Waals surface area contributed by atoms with Gasteiger partial charge in [0, 0.05) is 51.0 Å². The SMILES string of the molecule is CC(C)O.CC(C)O.CC(C)O.CC(C)[O-].CC(C)[O-].[Ba+2].[Y]. The first-order chi connectivity index (χ1) is 8.66. The Kier molecular flexibility index (Phi) is 78.0. The van der Waals surface area contributed by atoms with E-state index in [4.69, 9.17) is 15.3 Å². The van der Waals surface area contributed by atoms with Crippen LogP contribution in [0.15, 0.2) is 0 Å². The van der Waals surface area contributed by atoms with Gasteiger partial charge in [0.1, 0.15) is 0 Å². The van der Waals surface area contributed by atoms with Gasteiger partial charge < -0.3 is 25.5 Å². The Balaban J connectivity index is -0.0000000250. The van der Waals surface area contributed by atoms with Gasteiger partial charge in [0.2, 0.25) is 0 Å². The van der Waals surface area contributed by atoms with Crippen LogP contribution >= 0.6 is 0 Å². The van der Waals surface area contributed by atoms with Crippen LogP contribution in [0.1, 0.15) is 69.2 Å². The van der Waals surface area contributed by atoms with Gasteiger partial charge in [-0.3, -0.25) is 0 Å². The topological polar surface area (TPSA) is 107 Å². The van der Waals surface area contributed by atoms with Crippen LogP contribution < -0.4 is 10.2 Å². The molecule has 0 bridgehead atoms. The van der Waals surface area contributed by atoms with Crippen molar-refractivity contribution in [1.29, 1.82) is 0 Å². The molecule has 0 aliphatic rings. The second-order valence-corrected chi connectivity index (χ2v) is 5.38. The Hall–Kier alpha value is 2.48. The third-order valence-corrected chi connectivity index (χ3v) is 0. The monoisotopic (exact) mass is 525 g/mol. The summed E-state index contributed by atoms with van der Waals surface area (Å²) in [6.07, 6.45) is -1.33. The smallest absolute Gasteiger partial charge is 0.852 e. The summed E-state index contributed by atoms with van der Waals surface area (Å²) < 4.78 is 0. The first-order valence-electron chi connectivity index (χ1n) is 7.02. The Bertz CT molecular complexity index is 86.5. The van der Waals surface area contributed by atoms with E-state index in [1.165, 1.54) is 0 Å². The molecule has 0 atom stereocenters. The Morgan fingerprint density at radius 1 is 0.500 bits per heavy atom. The average Bonchev–Trinajstić information content (AvgIpc) is 1.94. The summed E-state index contributed by atoms with van der Waals surface area (Å²) in [7, 11) is 0. The summed E-state index contributed by atoms with van der Waals surface area (Å²) in [5.41, 5.74) is 0. The van der Waals surface area contributed by atoms with E-state index in [9.17, 15) is 10.2 Å². The molecule has 22 heavy (non-hydrogen) atoms. The molecular formula is C15H38BaO5Y. The predicted octanol–water partition coefficient (Wildman–Crippen LogP) is 0.288. The van der Waals surface area contributed by atoms with Gasteiger partial charge in [-0.1, -0.05) is 27.7 Å². The van der Waals surface area contributed by atoms with Crippen LogP contribution in [0.2, 0.25) is 0 Å². The van der Waals surface area contributed by atoms with Crippen molar-refractivity contribution >= 4 is 48.9 Å². The van der Waals surface area contributed by atoms with E-state index in [-0.39, 0.29) is 99.9 Å². The largest absolute Gasteiger partial charge is 2.00 e. The molecule has 3 N–H and O–H groups in total. The van der Waals surface area contributed by atoms with E-state index in [1.54, 1.807) is 69.2 Å². The first kappa shape index (κ1) is 44.2. The van der Waals surface area contributed by atoms with Crippen LogP contribution in [-0.2, 0) is 32.7 Å². The van der Waals surface area contributed by atoms with Gasteiger partial charge in [0.25, 0.3) is 0 Å². The van der Waals surface area contributed by atoms with Crippen LogP contribution in [0.5, 0.6) is 0 Å². The maximum atomic E-state index is 9.53. The molecule has 0 amide bonds. The van der Waals surface area contributed by atoms with Crippen LogP contribution in [-0.4, -0.2) is 94.7 Å². The van der Waals surface area contributed by atoms with Gasteiger partial charge in [-0.15, -0.1) is 12.2 Å². The van der Waals surface area contributed by atoms with Gasteiger partial charge in [-0.05, 0) is 41.5 Å². The van der Waals surface area contributed by atoms with Gasteiger partial charge in [-0.25, -0.2) is 0 Å². The van der Waals surface area contributed by atoms with Crippen LogP contribution in [0.3, 0.4) is 0 Å². The summed E-state index contributed by atoms with van der Waals surface area (Å²) in [5, 5.41) is 43.2. The zero-order valence-electron chi connectivity index (χ0n) is 16.3. The summed E-state index contributed by atoms with van der Waals surface area (Å²) >= 11 is 0. The summed E-state index contributed by atoms with van der Waals surface area (Å²) in [6, 6.07) is 0. The van der Waals surface area contributed by atoms with E-state index in [0.29, 0.717) is 0 Å². The van der Waals surface area contributed by atoms with Gasteiger partial charge in [0.15, 0.2) is 0 Å². The van der Waals surface area contributed by atoms with E-state index >= 15 is 0 Å². The molecule has 1 radical (unpaired) electrons. The van der Waals surface area contributed by atoms with E-state index in [0.717, 1.165) is 0 Å². The Morgan fingerprint density at radius 3 is 0.500 bits per heavy atom. The molecule has 0 aromatic carbocycles. The number of hydrogen-bond acceptors (Lipinski definition) is 5. The first-order valence-corrected chi connectivity index (χ1v) is 7.02. The van der Waals surface area contributed by atoms with E-state index in [1.807, 2.05) is 0 Å². The van der Waals surface area contributed by atoms with Gasteiger partial charge in [0.05, 0.1) is 0 Å². The molecule has 0 aromatic heterocycles. The Labute approximate surface area is 204 Å². The van der Waals surface area contributed by atoms with Gasteiger partial charge in [-0.2, -0.15) is 0 Å². The number of rotatable bonds is 0. The van der Waals surface area contributed by atoms with Crippen LogP contribution in [0, 0.1) is 0 Å². The number of aliphatic hydroxyl groups is 3. The predicted molar refractivity (Wildman–Crippen MR) is 88.1 cm³/mol. The fourth-order valence-electron chi connectivity index (χ4n) is 0. The Morgan fingerprint density at radius 2 is 0.500 bits per heavy atom. The zero-order chi connectivity index (χ0) is 17.9. The van der Waals surface area contributed by atoms with Crippen molar-refractivity contribution in [1.82, 2.24) is 0 Å². The van der Waals surface area contributed by atoms with Crippen molar-refractivity contribution in [3.63, 3.8) is 0 Å². The molecule has 0 spiro atoms. The van der Waals surface area contributed by atoms with Gasteiger partial charge >= 0.3 is 48.9 Å². The van der Waals surface area contributed by atoms with Crippen molar-refractivity contribution in [3.05, 3.63) is 0 Å². The van der Waals surface area contributed by atoms with Crippen molar-refractivity contribution in [3.8, 4) is 0 Å². The normalized spacial score (nSPS) is 8.18. The average molecular weight is 525 g/mol. The molecule has 0 saturated heterocycles. The minimum atomic E-state index is -0.417. The molecule has 0 aromatic rings. The molecule has 133 valence electrons. The van der Waals surface area contributed by atoms with E-state index < -0.39 is 12.2 Å². The molecule has 0 aliphatic heterocycles. The number of aliphatic hydroxyl groups excluding tert-OH is 3. The van der Waals surface area contributed by atoms with Crippen molar-refractivity contribution < 1.29 is 58.2 Å². The second-order valence-electron chi connectivity index (χ2n) is 5.38. The standard InChI is InChI=1S/3C3H8O.2C3H7O.Ba.Y/c5*1-3(2)4;;/h3*3-4H,1-2H3;2*3H,1-2H3;;/q;;;2*-1;+2;. The van der Waals surface area contributed by atoms with Crippen LogP contribution in [0.25, 0.3) is 0 Å². The molecule has 0 unspecified atom stereocenters. The molecule has 7 heteroatoms. The number of hydrogen-bond donors (Lipinski definition) is 3. The minimum absolute atomic E-state index is 0. The molecule has 0 heterocycles. The summed E-state index contributed by atoms with van der Waals surface area (Å²) in [4.78, 5) is 0. The third-order valence-electron chi connectivity index (χ3n) is 0. The summed E-state index contributed by atoms with van der Waals surface area (Å²) in [5.74, 6) is 0. The van der Waals surface area contributed by atoms with Crippen LogP contribution in [0.4, 0.5) is 0 Å². The molecule has 5 nitrogen and oxygen atoms in total. The third kappa shape index (κ3) is 1690. The zero-order valence-corrected chi connectivity index (χ0v) is 23.6. The van der Waals surface area contributed by atoms with Crippen molar-refractivity contribution in [2.75, 3.05) is 0 Å². The molecular weight excluding hydrogens is 486 g/mol. The molecule has 0 saturated carbocycles. The van der Waals surface area contributed by atoms with Crippen molar-refractivity contribution in [2.45, 2.75) is 99.8 Å². The molecule has 0 fully saturated rings. The minimum Gasteiger partial charge on any atom is -0.852 e. The van der Waals surface area contributed by atoms with E-state index in [2.05, 4.69) is 0 Å². The fraction of sp³-hybridized carbons (Fsp3) is 1.00. The summed E-state index contributed by atoms with van der Waals surface area (Å²) in [6.45, 7) is 16.8. The molecule has 0 aliphatic carbocycles. The molecule has 0 rings (SSSR count). The fourth-order valence-corrected chi connectivity index (χ4v) is 0. The van der Waals surface area contributed by atoms with Crippen molar-refractivity contribution in [2.24, 2.45) is 0 Å². The quantitative estimate of drug-likeness (QED) is 0.395. The second kappa shape index (κ2) is 38.8.